The summed E-state index contributed by atoms with van der Waals surface area (Å²) in [7, 11) is 0. The molecule has 11 rings (SSSR count). The highest BCUT2D eigenvalue weighted by Crippen LogP contribution is 2.41. The molecule has 0 aliphatic rings. The summed E-state index contributed by atoms with van der Waals surface area (Å²) >= 11 is 1.79. The summed E-state index contributed by atoms with van der Waals surface area (Å²) in [5, 5.41) is 8.30. The first-order valence-electron chi connectivity index (χ1n) is 18.9. The lowest BCUT2D eigenvalue weighted by molar-refractivity contribution is 0.670. The van der Waals surface area contributed by atoms with E-state index in [0.29, 0.717) is 17.5 Å². The van der Waals surface area contributed by atoms with E-state index in [0.717, 1.165) is 72.3 Å². The van der Waals surface area contributed by atoms with Crippen molar-refractivity contribution in [3.05, 3.63) is 188 Å². The van der Waals surface area contributed by atoms with Crippen LogP contribution in [0, 0.1) is 0 Å². The molecule has 0 radical (unpaired) electrons. The maximum atomic E-state index is 6.65. The van der Waals surface area contributed by atoms with Crippen LogP contribution in [0.3, 0.4) is 0 Å². The number of nitrogens with zero attached hydrogens (tertiary/aromatic N) is 3. The Labute approximate surface area is 332 Å². The van der Waals surface area contributed by atoms with Crippen molar-refractivity contribution in [1.29, 1.82) is 0 Å². The zero-order valence-electron chi connectivity index (χ0n) is 30.6. The van der Waals surface area contributed by atoms with Gasteiger partial charge in [-0.15, -0.1) is 11.3 Å². The zero-order valence-corrected chi connectivity index (χ0v) is 31.4. The van der Waals surface area contributed by atoms with Crippen LogP contribution in [0.2, 0.25) is 0 Å². The predicted molar refractivity (Wildman–Crippen MR) is 237 cm³/mol. The van der Waals surface area contributed by atoms with Gasteiger partial charge in [0.1, 0.15) is 5.58 Å². The molecule has 0 unspecified atom stereocenters. The first-order chi connectivity index (χ1) is 28.2. The highest BCUT2D eigenvalue weighted by atomic mass is 32.1. The van der Waals surface area contributed by atoms with Crippen molar-refractivity contribution in [3.63, 3.8) is 0 Å². The van der Waals surface area contributed by atoms with Crippen molar-refractivity contribution in [1.82, 2.24) is 15.0 Å². The highest BCUT2D eigenvalue weighted by Gasteiger charge is 2.16. The molecule has 3 aromatic heterocycles. The van der Waals surface area contributed by atoms with E-state index in [1.165, 1.54) is 20.2 Å². The van der Waals surface area contributed by atoms with Crippen molar-refractivity contribution in [3.8, 4) is 56.4 Å². The van der Waals surface area contributed by atoms with Crippen LogP contribution in [0.25, 0.3) is 98.5 Å². The van der Waals surface area contributed by atoms with E-state index in [1.54, 1.807) is 11.3 Å². The summed E-state index contributed by atoms with van der Waals surface area (Å²) in [5.41, 5.74) is 11.1. The Morgan fingerprint density at radius 1 is 0.368 bits per heavy atom. The smallest absolute Gasteiger partial charge is 0.164 e. The Kier molecular flexibility index (Phi) is 7.93. The van der Waals surface area contributed by atoms with Crippen molar-refractivity contribution >= 4 is 64.8 Å². The van der Waals surface area contributed by atoms with Crippen LogP contribution in [0.4, 0.5) is 11.4 Å². The molecular formula is C51H32N4OS. The third-order valence-corrected chi connectivity index (χ3v) is 11.7. The minimum Gasteiger partial charge on any atom is -0.454 e. The lowest BCUT2D eigenvalue weighted by Crippen LogP contribution is -1.99. The monoisotopic (exact) mass is 748 g/mol. The van der Waals surface area contributed by atoms with Gasteiger partial charge in [-0.3, -0.25) is 0 Å². The topological polar surface area (TPSA) is 63.8 Å². The molecule has 268 valence electrons. The van der Waals surface area contributed by atoms with Gasteiger partial charge in [0.2, 0.25) is 0 Å². The molecule has 6 heteroatoms. The lowest BCUT2D eigenvalue weighted by Gasteiger charge is -2.12. The quantitative estimate of drug-likeness (QED) is 0.176. The first-order valence-corrected chi connectivity index (χ1v) is 19.7. The number of anilines is 2. The summed E-state index contributed by atoms with van der Waals surface area (Å²) in [4.78, 5) is 14.8. The number of para-hydroxylation sites is 2. The van der Waals surface area contributed by atoms with Crippen LogP contribution in [-0.4, -0.2) is 15.0 Å². The van der Waals surface area contributed by atoms with Crippen molar-refractivity contribution in [2.45, 2.75) is 0 Å². The number of benzene rings is 8. The normalized spacial score (nSPS) is 11.5. The molecule has 0 fully saturated rings. The van der Waals surface area contributed by atoms with Crippen LogP contribution >= 0.6 is 11.3 Å². The fraction of sp³-hybridized carbons (Fsp3) is 0. The standard InChI is InChI=1S/C51H32N4OS/c1-4-13-32(14-5-1)38-19-10-11-21-43(38)52-44-22-12-20-42-39-26-23-35(29-45(39)56-48(42)44)36-24-27-40-41-28-25-37(31-47(41)57-46(40)30-36)51-54-49(33-15-6-2-7-16-33)53-50(55-51)34-17-8-3-9-18-34/h1-31,52H. The van der Waals surface area contributed by atoms with E-state index in [2.05, 4.69) is 127 Å². The van der Waals surface area contributed by atoms with Gasteiger partial charge in [0, 0.05) is 58.9 Å². The average Bonchev–Trinajstić information content (AvgIpc) is 3.85. The lowest BCUT2D eigenvalue weighted by atomic mass is 10.0. The highest BCUT2D eigenvalue weighted by molar-refractivity contribution is 7.25. The number of thiophene rings is 1. The molecule has 0 saturated carbocycles. The summed E-state index contributed by atoms with van der Waals surface area (Å²) in [6, 6.07) is 65.2. The molecular weight excluding hydrogens is 717 g/mol. The average molecular weight is 749 g/mol. The Morgan fingerprint density at radius 2 is 0.877 bits per heavy atom. The summed E-state index contributed by atoms with van der Waals surface area (Å²) in [5.74, 6) is 1.96. The molecule has 0 bridgehead atoms. The third kappa shape index (κ3) is 6.00. The number of hydrogen-bond acceptors (Lipinski definition) is 6. The van der Waals surface area contributed by atoms with Gasteiger partial charge in [0.05, 0.1) is 5.69 Å². The second-order valence-electron chi connectivity index (χ2n) is 14.1. The van der Waals surface area contributed by atoms with Crippen molar-refractivity contribution < 1.29 is 4.42 Å². The van der Waals surface area contributed by atoms with Gasteiger partial charge >= 0.3 is 0 Å². The van der Waals surface area contributed by atoms with Crippen LogP contribution in [-0.2, 0) is 0 Å². The van der Waals surface area contributed by atoms with Gasteiger partial charge in [-0.1, -0.05) is 152 Å². The molecule has 11 aromatic rings. The molecule has 0 atom stereocenters. The van der Waals surface area contributed by atoms with E-state index >= 15 is 0 Å². The van der Waals surface area contributed by atoms with Gasteiger partial charge in [-0.2, -0.15) is 0 Å². The Bertz CT molecular complexity index is 3210. The van der Waals surface area contributed by atoms with E-state index in [4.69, 9.17) is 19.4 Å². The Morgan fingerprint density at radius 3 is 1.54 bits per heavy atom. The molecule has 57 heavy (non-hydrogen) atoms. The number of furan rings is 1. The summed E-state index contributed by atoms with van der Waals surface area (Å²) in [6.07, 6.45) is 0. The predicted octanol–water partition coefficient (Wildman–Crippen LogP) is 14.2. The molecule has 3 heterocycles. The number of fused-ring (bicyclic) bond motifs is 6. The molecule has 1 N–H and O–H groups in total. The Hall–Kier alpha value is -7.41. The first kappa shape index (κ1) is 33.0. The molecule has 8 aromatic carbocycles. The number of aromatic nitrogens is 3. The molecule has 0 aliphatic heterocycles. The fourth-order valence-corrected chi connectivity index (χ4v) is 8.90. The van der Waals surface area contributed by atoms with Gasteiger partial charge in [0.25, 0.3) is 0 Å². The van der Waals surface area contributed by atoms with E-state index < -0.39 is 0 Å². The third-order valence-electron chi connectivity index (χ3n) is 10.5. The van der Waals surface area contributed by atoms with Gasteiger partial charge < -0.3 is 9.73 Å². The number of hydrogen-bond donors (Lipinski definition) is 1. The molecule has 0 spiro atoms. The second kappa shape index (κ2) is 13.7. The minimum absolute atomic E-state index is 0.653. The number of nitrogens with one attached hydrogen (secondary N) is 1. The minimum atomic E-state index is 0.653. The maximum Gasteiger partial charge on any atom is 0.164 e. The molecule has 0 amide bonds. The van der Waals surface area contributed by atoms with Crippen LogP contribution in [0.15, 0.2) is 192 Å². The van der Waals surface area contributed by atoms with Crippen molar-refractivity contribution in [2.24, 2.45) is 0 Å². The van der Waals surface area contributed by atoms with E-state index in [-0.39, 0.29) is 0 Å². The molecule has 0 aliphatic carbocycles. The van der Waals surface area contributed by atoms with Gasteiger partial charge in [-0.05, 0) is 53.1 Å². The molecule has 0 saturated heterocycles. The van der Waals surface area contributed by atoms with Crippen LogP contribution < -0.4 is 5.32 Å². The van der Waals surface area contributed by atoms with Crippen molar-refractivity contribution in [2.75, 3.05) is 5.32 Å². The van der Waals surface area contributed by atoms with Crippen LogP contribution in [0.5, 0.6) is 0 Å². The summed E-state index contributed by atoms with van der Waals surface area (Å²) in [6.45, 7) is 0. The van der Waals surface area contributed by atoms with Crippen LogP contribution in [0.1, 0.15) is 0 Å². The second-order valence-corrected chi connectivity index (χ2v) is 15.2. The maximum absolute atomic E-state index is 6.65. The fourth-order valence-electron chi connectivity index (χ4n) is 7.72. The van der Waals surface area contributed by atoms with Gasteiger partial charge in [0.15, 0.2) is 23.1 Å². The van der Waals surface area contributed by atoms with E-state index in [1.807, 2.05) is 66.7 Å². The summed E-state index contributed by atoms with van der Waals surface area (Å²) < 4.78 is 9.06. The zero-order chi connectivity index (χ0) is 37.7. The number of rotatable bonds is 7. The Balaban J connectivity index is 0.945. The van der Waals surface area contributed by atoms with E-state index in [9.17, 15) is 0 Å². The largest absolute Gasteiger partial charge is 0.454 e. The SMILES string of the molecule is c1ccc(-c2nc(-c3ccccc3)nc(-c3ccc4c(c3)sc3cc(-c5ccc6c(c5)oc5c(Nc7ccccc7-c7ccccc7)cccc56)ccc34)n2)cc1. The molecule has 5 nitrogen and oxygen atoms in total. The van der Waals surface area contributed by atoms with Gasteiger partial charge in [-0.25, -0.2) is 15.0 Å².